The first-order valence-electron chi connectivity index (χ1n) is 7.27. The molecule has 24 heavy (non-hydrogen) atoms. The van der Waals surface area contributed by atoms with Crippen molar-refractivity contribution >= 4 is 12.1 Å². The summed E-state index contributed by atoms with van der Waals surface area (Å²) < 4.78 is 52.4. The highest BCUT2D eigenvalue weighted by molar-refractivity contribution is 5.72. The molecule has 8 heteroatoms. The Morgan fingerprint density at radius 2 is 1.67 bits per heavy atom. The maximum atomic E-state index is 12.6. The first-order chi connectivity index (χ1) is 11.0. The fourth-order valence-corrected chi connectivity index (χ4v) is 1.50. The highest BCUT2D eigenvalue weighted by atomic mass is 19.4. The van der Waals surface area contributed by atoms with Crippen LogP contribution in [0.25, 0.3) is 0 Å². The number of hydrogen-bond acceptors (Lipinski definition) is 5. The van der Waals surface area contributed by atoms with Gasteiger partial charge in [-0.05, 0) is 18.2 Å². The molecule has 0 radical (unpaired) electrons. The summed E-state index contributed by atoms with van der Waals surface area (Å²) >= 11 is 0. The van der Waals surface area contributed by atoms with Crippen molar-refractivity contribution in [2.75, 3.05) is 0 Å². The molecule has 0 bridgehead atoms. The minimum Gasteiger partial charge on any atom is -0.425 e. The Morgan fingerprint density at radius 3 is 2.17 bits per heavy atom. The number of halogens is 3. The van der Waals surface area contributed by atoms with Gasteiger partial charge in [-0.3, -0.25) is 4.79 Å². The Bertz CT molecular complexity index is 581. The van der Waals surface area contributed by atoms with Gasteiger partial charge >= 0.3 is 18.3 Å². The van der Waals surface area contributed by atoms with Crippen LogP contribution in [0.2, 0.25) is 0 Å². The molecule has 0 amide bonds. The Morgan fingerprint density at radius 1 is 1.04 bits per heavy atom. The minimum atomic E-state index is -4.56. The van der Waals surface area contributed by atoms with Gasteiger partial charge in [-0.2, -0.15) is 13.2 Å². The molecule has 1 atom stereocenters. The topological polar surface area (TPSA) is 61.8 Å². The van der Waals surface area contributed by atoms with E-state index in [-0.39, 0.29) is 11.7 Å². The highest BCUT2D eigenvalue weighted by Crippen LogP contribution is 2.31. The highest BCUT2D eigenvalue weighted by Gasteiger charge is 2.31. The van der Waals surface area contributed by atoms with Gasteiger partial charge in [-0.15, -0.1) is 0 Å². The van der Waals surface area contributed by atoms with Gasteiger partial charge in [0.1, 0.15) is 5.75 Å². The van der Waals surface area contributed by atoms with Crippen molar-refractivity contribution in [3.8, 4) is 5.75 Å². The molecule has 134 valence electrons. The van der Waals surface area contributed by atoms with E-state index in [0.29, 0.717) is 6.07 Å². The molecule has 0 unspecified atom stereocenters. The third-order valence-corrected chi connectivity index (χ3v) is 2.82. The summed E-state index contributed by atoms with van der Waals surface area (Å²) in [4.78, 5) is 23.3. The Hall–Kier alpha value is -2.25. The number of carbonyl (C=O) groups excluding carboxylic acids is 2. The molecule has 1 rings (SSSR count). The average molecular weight is 348 g/mol. The minimum absolute atomic E-state index is 0.326. The van der Waals surface area contributed by atoms with Gasteiger partial charge in [-0.1, -0.05) is 33.8 Å². The van der Waals surface area contributed by atoms with E-state index in [9.17, 15) is 22.8 Å². The molecule has 1 aromatic rings. The molecule has 0 aliphatic rings. The number of rotatable bonds is 5. The maximum Gasteiger partial charge on any atom is 0.516 e. The Labute approximate surface area is 137 Å². The Balaban J connectivity index is 2.74. The van der Waals surface area contributed by atoms with Crippen LogP contribution in [0.15, 0.2) is 24.3 Å². The molecule has 0 spiro atoms. The molecular formula is C16H19F3O5. The summed E-state index contributed by atoms with van der Waals surface area (Å²) in [6.07, 6.45) is -7.01. The monoisotopic (exact) mass is 348 g/mol. The first kappa shape index (κ1) is 19.8. The van der Waals surface area contributed by atoms with Crippen molar-refractivity contribution in [3.63, 3.8) is 0 Å². The van der Waals surface area contributed by atoms with Gasteiger partial charge in [0, 0.05) is 5.92 Å². The van der Waals surface area contributed by atoms with Crippen LogP contribution in [-0.4, -0.2) is 18.4 Å². The van der Waals surface area contributed by atoms with E-state index in [0.717, 1.165) is 12.1 Å². The number of carbonyl (C=O) groups is 2. The molecule has 0 aromatic heterocycles. The third-order valence-electron chi connectivity index (χ3n) is 2.82. The summed E-state index contributed by atoms with van der Waals surface area (Å²) in [5.41, 5.74) is -0.959. The predicted molar refractivity (Wildman–Crippen MR) is 78.1 cm³/mol. The number of ether oxygens (including phenoxy) is 3. The number of esters is 1. The smallest absolute Gasteiger partial charge is 0.425 e. The standard InChI is InChI=1S/C16H19F3O5/c1-9(2)13(20)23-14(10(3)4)24-15(21)22-12-7-5-6-11(8-12)16(17,18)19/h5-10,14H,1-4H3/t14-/m0/s1. The van der Waals surface area contributed by atoms with Crippen LogP contribution in [0.5, 0.6) is 5.75 Å². The first-order valence-corrected chi connectivity index (χ1v) is 7.27. The fourth-order valence-electron chi connectivity index (χ4n) is 1.50. The van der Waals surface area contributed by atoms with Crippen molar-refractivity contribution < 1.29 is 37.0 Å². The Kier molecular flexibility index (Phi) is 6.62. The molecule has 0 N–H and O–H groups in total. The summed E-state index contributed by atoms with van der Waals surface area (Å²) in [6, 6.07) is 3.80. The summed E-state index contributed by atoms with van der Waals surface area (Å²) in [6.45, 7) is 6.52. The second-order valence-electron chi connectivity index (χ2n) is 5.70. The lowest BCUT2D eigenvalue weighted by Crippen LogP contribution is -2.32. The van der Waals surface area contributed by atoms with Gasteiger partial charge in [-0.25, -0.2) is 4.79 Å². The van der Waals surface area contributed by atoms with Crippen LogP contribution in [0.4, 0.5) is 18.0 Å². The van der Waals surface area contributed by atoms with E-state index in [1.54, 1.807) is 27.7 Å². The van der Waals surface area contributed by atoms with E-state index in [1.807, 2.05) is 0 Å². The van der Waals surface area contributed by atoms with Gasteiger partial charge < -0.3 is 14.2 Å². The fraction of sp³-hybridized carbons (Fsp3) is 0.500. The van der Waals surface area contributed by atoms with Crippen LogP contribution in [0, 0.1) is 11.8 Å². The lowest BCUT2D eigenvalue weighted by Gasteiger charge is -2.21. The van der Waals surface area contributed by atoms with Crippen molar-refractivity contribution in [3.05, 3.63) is 29.8 Å². The average Bonchev–Trinajstić information content (AvgIpc) is 2.45. The zero-order chi connectivity index (χ0) is 18.5. The predicted octanol–water partition coefficient (Wildman–Crippen LogP) is 4.40. The van der Waals surface area contributed by atoms with Crippen molar-refractivity contribution in [2.45, 2.75) is 40.2 Å². The zero-order valence-electron chi connectivity index (χ0n) is 13.7. The van der Waals surface area contributed by atoms with Gasteiger partial charge in [0.25, 0.3) is 6.29 Å². The van der Waals surface area contributed by atoms with Crippen molar-refractivity contribution in [1.29, 1.82) is 0 Å². The van der Waals surface area contributed by atoms with Crippen LogP contribution in [0.1, 0.15) is 33.3 Å². The van der Waals surface area contributed by atoms with Crippen molar-refractivity contribution in [1.82, 2.24) is 0 Å². The molecule has 0 fully saturated rings. The summed E-state index contributed by atoms with van der Waals surface area (Å²) in [5.74, 6) is -1.68. The lowest BCUT2D eigenvalue weighted by atomic mass is 10.2. The molecular weight excluding hydrogens is 329 g/mol. The van der Waals surface area contributed by atoms with Crippen LogP contribution >= 0.6 is 0 Å². The van der Waals surface area contributed by atoms with Crippen LogP contribution in [-0.2, 0) is 20.4 Å². The lowest BCUT2D eigenvalue weighted by molar-refractivity contribution is -0.181. The molecule has 0 aliphatic heterocycles. The van der Waals surface area contributed by atoms with E-state index in [1.165, 1.54) is 6.07 Å². The quantitative estimate of drug-likeness (QED) is 0.448. The molecule has 0 heterocycles. The second kappa shape index (κ2) is 8.03. The van der Waals surface area contributed by atoms with E-state index in [2.05, 4.69) is 0 Å². The molecule has 1 aromatic carbocycles. The largest absolute Gasteiger partial charge is 0.516 e. The van der Waals surface area contributed by atoms with Crippen LogP contribution in [0.3, 0.4) is 0 Å². The van der Waals surface area contributed by atoms with Crippen LogP contribution < -0.4 is 4.74 Å². The van der Waals surface area contributed by atoms with Gasteiger partial charge in [0.15, 0.2) is 0 Å². The zero-order valence-corrected chi connectivity index (χ0v) is 13.7. The normalized spacial score (nSPS) is 12.9. The molecule has 5 nitrogen and oxygen atoms in total. The maximum absolute atomic E-state index is 12.6. The number of alkyl halides is 3. The summed E-state index contributed by atoms with van der Waals surface area (Å²) in [5, 5.41) is 0. The third kappa shape index (κ3) is 6.10. The molecule has 0 saturated carbocycles. The van der Waals surface area contributed by atoms with E-state index < -0.39 is 36.1 Å². The molecule has 0 aliphatic carbocycles. The SMILES string of the molecule is CC(C)C(=O)O[C@@H](OC(=O)Oc1cccc(C(F)(F)F)c1)C(C)C. The van der Waals surface area contributed by atoms with Gasteiger partial charge in [0.2, 0.25) is 0 Å². The van der Waals surface area contributed by atoms with E-state index >= 15 is 0 Å². The molecule has 0 saturated heterocycles. The number of hydrogen-bond donors (Lipinski definition) is 0. The van der Waals surface area contributed by atoms with Gasteiger partial charge in [0.05, 0.1) is 11.5 Å². The number of benzene rings is 1. The van der Waals surface area contributed by atoms with E-state index in [4.69, 9.17) is 14.2 Å². The summed E-state index contributed by atoms with van der Waals surface area (Å²) in [7, 11) is 0. The van der Waals surface area contributed by atoms with Crippen molar-refractivity contribution in [2.24, 2.45) is 11.8 Å². The second-order valence-corrected chi connectivity index (χ2v) is 5.70.